The topological polar surface area (TPSA) is 38.8 Å². The van der Waals surface area contributed by atoms with Gasteiger partial charge in [0.05, 0.1) is 12.6 Å². The van der Waals surface area contributed by atoms with Gasteiger partial charge in [0.2, 0.25) is 0 Å². The van der Waals surface area contributed by atoms with Crippen LogP contribution in [0.3, 0.4) is 0 Å². The lowest BCUT2D eigenvalue weighted by Gasteiger charge is -2.20. The van der Waals surface area contributed by atoms with Crippen molar-refractivity contribution < 1.29 is 14.4 Å². The van der Waals surface area contributed by atoms with Crippen LogP contribution in [0.25, 0.3) is 0 Å². The molecule has 4 heteroatoms. The van der Waals surface area contributed by atoms with Gasteiger partial charge < -0.3 is 4.74 Å². The van der Waals surface area contributed by atoms with E-state index in [0.29, 0.717) is 19.1 Å². The Kier molecular flexibility index (Phi) is 3.19. The Morgan fingerprint density at radius 2 is 2.17 bits per heavy atom. The Morgan fingerprint density at radius 1 is 1.33 bits per heavy atom. The third-order valence-electron chi connectivity index (χ3n) is 3.73. The first-order valence-corrected chi connectivity index (χ1v) is 6.47. The second-order valence-electron chi connectivity index (χ2n) is 4.92. The van der Waals surface area contributed by atoms with Crippen LogP contribution in [0.2, 0.25) is 0 Å². The number of rotatable bonds is 2. The summed E-state index contributed by atoms with van der Waals surface area (Å²) in [6.45, 7) is 0.960. The second kappa shape index (κ2) is 4.98. The molecule has 1 aromatic rings. The molecule has 0 radical (unpaired) electrons. The highest BCUT2D eigenvalue weighted by Gasteiger charge is 2.42. The summed E-state index contributed by atoms with van der Waals surface area (Å²) in [6, 6.07) is 9.92. The predicted molar refractivity (Wildman–Crippen MR) is 65.5 cm³/mol. The van der Waals surface area contributed by atoms with Crippen molar-refractivity contribution in [1.29, 1.82) is 0 Å². The minimum Gasteiger partial charge on any atom is -0.443 e. The van der Waals surface area contributed by atoms with E-state index in [0.717, 1.165) is 18.4 Å². The van der Waals surface area contributed by atoms with Crippen molar-refractivity contribution in [3.05, 3.63) is 35.9 Å². The van der Waals surface area contributed by atoms with Crippen LogP contribution in [0.4, 0.5) is 4.79 Å². The average molecular weight is 247 g/mol. The van der Waals surface area contributed by atoms with Crippen LogP contribution >= 0.6 is 0 Å². The predicted octanol–water partition coefficient (Wildman–Crippen LogP) is 2.74. The van der Waals surface area contributed by atoms with E-state index in [-0.39, 0.29) is 12.1 Å². The van der Waals surface area contributed by atoms with E-state index in [1.807, 2.05) is 30.3 Å². The molecule has 0 N–H and O–H groups in total. The molecule has 1 saturated carbocycles. The first-order valence-electron chi connectivity index (χ1n) is 6.47. The molecule has 1 heterocycles. The van der Waals surface area contributed by atoms with Crippen molar-refractivity contribution in [2.45, 2.75) is 31.9 Å². The molecule has 1 aromatic carbocycles. The molecule has 0 aromatic heterocycles. The lowest BCUT2D eigenvalue weighted by Crippen LogP contribution is -2.35. The zero-order valence-corrected chi connectivity index (χ0v) is 10.2. The van der Waals surface area contributed by atoms with E-state index < -0.39 is 0 Å². The van der Waals surface area contributed by atoms with Crippen LogP contribution in [0.15, 0.2) is 30.3 Å². The molecule has 2 fully saturated rings. The van der Waals surface area contributed by atoms with E-state index >= 15 is 0 Å². The molecule has 4 nitrogen and oxygen atoms in total. The molecule has 3 rings (SSSR count). The van der Waals surface area contributed by atoms with Gasteiger partial charge in [0.15, 0.2) is 0 Å². The Morgan fingerprint density at radius 3 is 3.00 bits per heavy atom. The van der Waals surface area contributed by atoms with E-state index in [9.17, 15) is 4.79 Å². The fourth-order valence-electron chi connectivity index (χ4n) is 2.76. The Balaban J connectivity index is 1.56. The Hall–Kier alpha value is -1.55. The monoisotopic (exact) mass is 247 g/mol. The maximum atomic E-state index is 11.9. The molecule has 1 aliphatic carbocycles. The highest BCUT2D eigenvalue weighted by atomic mass is 16.7. The van der Waals surface area contributed by atoms with E-state index in [1.54, 1.807) is 0 Å². The van der Waals surface area contributed by atoms with Crippen LogP contribution in [-0.2, 0) is 16.2 Å². The number of ether oxygens (including phenoxy) is 1. The van der Waals surface area contributed by atoms with Crippen molar-refractivity contribution in [3.8, 4) is 0 Å². The summed E-state index contributed by atoms with van der Waals surface area (Å²) in [6.07, 6.45) is 3.02. The summed E-state index contributed by atoms with van der Waals surface area (Å²) in [5.74, 6) is 0.509. The summed E-state index contributed by atoms with van der Waals surface area (Å²) in [7, 11) is 0. The molecule has 0 spiro atoms. The number of benzene rings is 1. The number of carbonyl (C=O) groups is 1. The molecule has 1 aliphatic heterocycles. The van der Waals surface area contributed by atoms with Crippen molar-refractivity contribution in [1.82, 2.24) is 5.06 Å². The highest BCUT2D eigenvalue weighted by Crippen LogP contribution is 2.35. The van der Waals surface area contributed by atoms with Crippen LogP contribution in [0, 0.1) is 5.92 Å². The maximum absolute atomic E-state index is 11.9. The average Bonchev–Trinajstić information content (AvgIpc) is 2.99. The number of hydrogen-bond donors (Lipinski definition) is 0. The lowest BCUT2D eigenvalue weighted by molar-refractivity contribution is -0.113. The van der Waals surface area contributed by atoms with Gasteiger partial charge in [-0.1, -0.05) is 36.8 Å². The minimum atomic E-state index is -0.353. The normalized spacial score (nSPS) is 26.1. The molecule has 1 saturated heterocycles. The first kappa shape index (κ1) is 11.5. The van der Waals surface area contributed by atoms with Crippen molar-refractivity contribution in [2.24, 2.45) is 5.92 Å². The zero-order chi connectivity index (χ0) is 12.4. The molecule has 0 bridgehead atoms. The molecular weight excluding hydrogens is 230 g/mol. The van der Waals surface area contributed by atoms with Gasteiger partial charge in [0, 0.05) is 5.92 Å². The van der Waals surface area contributed by atoms with Crippen LogP contribution in [0.1, 0.15) is 24.8 Å². The van der Waals surface area contributed by atoms with E-state index in [4.69, 9.17) is 9.57 Å². The van der Waals surface area contributed by atoms with Crippen LogP contribution in [0.5, 0.6) is 0 Å². The Bertz CT molecular complexity index is 420. The number of carbonyl (C=O) groups excluding carboxylic acids is 1. The summed E-state index contributed by atoms with van der Waals surface area (Å²) in [5.41, 5.74) is 0.994. The minimum absolute atomic E-state index is 0.230. The summed E-state index contributed by atoms with van der Waals surface area (Å²) in [4.78, 5) is 17.4. The van der Waals surface area contributed by atoms with Gasteiger partial charge in [-0.25, -0.2) is 4.79 Å². The molecule has 2 aliphatic rings. The summed E-state index contributed by atoms with van der Waals surface area (Å²) in [5, 5.41) is 1.45. The number of hydrogen-bond acceptors (Lipinski definition) is 3. The summed E-state index contributed by atoms with van der Waals surface area (Å²) >= 11 is 0. The van der Waals surface area contributed by atoms with E-state index in [2.05, 4.69) is 0 Å². The van der Waals surface area contributed by atoms with Crippen molar-refractivity contribution >= 4 is 6.09 Å². The smallest absolute Gasteiger partial charge is 0.434 e. The van der Waals surface area contributed by atoms with Gasteiger partial charge >= 0.3 is 6.09 Å². The number of hydroxylamine groups is 2. The number of nitrogens with zero attached hydrogens (tertiary/aromatic N) is 1. The first-order chi connectivity index (χ1) is 8.84. The molecule has 96 valence electrons. The van der Waals surface area contributed by atoms with Crippen LogP contribution in [-0.4, -0.2) is 23.8 Å². The number of amides is 1. The van der Waals surface area contributed by atoms with Gasteiger partial charge in [-0.2, -0.15) is 5.06 Å². The molecule has 1 amide bonds. The summed E-state index contributed by atoms with van der Waals surface area (Å²) < 4.78 is 5.28. The molecule has 0 unspecified atom stereocenters. The number of fused-ring (bicyclic) bond motifs is 1. The van der Waals surface area contributed by atoms with Gasteiger partial charge in [-0.05, 0) is 18.4 Å². The third-order valence-corrected chi connectivity index (χ3v) is 3.73. The quantitative estimate of drug-likeness (QED) is 0.806. The van der Waals surface area contributed by atoms with Gasteiger partial charge in [0.1, 0.15) is 6.61 Å². The van der Waals surface area contributed by atoms with Gasteiger partial charge in [0.25, 0.3) is 0 Å². The SMILES string of the molecule is O=C(OCc1ccccc1)N1OC[C@@H]2CCC[C@@H]21. The van der Waals surface area contributed by atoms with Crippen molar-refractivity contribution in [2.75, 3.05) is 6.61 Å². The standard InChI is InChI=1S/C14H17NO3/c16-14(17-9-11-5-2-1-3-6-11)15-13-8-4-7-12(13)10-18-15/h1-3,5-6,12-13H,4,7-10H2/t12-,13-/m0/s1. The highest BCUT2D eigenvalue weighted by molar-refractivity contribution is 5.67. The van der Waals surface area contributed by atoms with Gasteiger partial charge in [-0.3, -0.25) is 4.84 Å². The maximum Gasteiger partial charge on any atom is 0.434 e. The van der Waals surface area contributed by atoms with Gasteiger partial charge in [-0.15, -0.1) is 0 Å². The Labute approximate surface area is 106 Å². The third kappa shape index (κ3) is 2.20. The molecular formula is C14H17NO3. The zero-order valence-electron chi connectivity index (χ0n) is 10.2. The largest absolute Gasteiger partial charge is 0.443 e. The fourth-order valence-corrected chi connectivity index (χ4v) is 2.76. The second-order valence-corrected chi connectivity index (χ2v) is 4.92. The van der Waals surface area contributed by atoms with Crippen molar-refractivity contribution in [3.63, 3.8) is 0 Å². The van der Waals surface area contributed by atoms with Crippen LogP contribution < -0.4 is 0 Å². The van der Waals surface area contributed by atoms with E-state index in [1.165, 1.54) is 11.5 Å². The molecule has 2 atom stereocenters. The lowest BCUT2D eigenvalue weighted by atomic mass is 10.1. The fraction of sp³-hybridized carbons (Fsp3) is 0.500. The molecule has 18 heavy (non-hydrogen) atoms.